The van der Waals surface area contributed by atoms with Gasteiger partial charge in [0.15, 0.2) is 0 Å². The van der Waals surface area contributed by atoms with Gasteiger partial charge in [-0.15, -0.1) is 0 Å². The molecule has 4 rings (SSSR count). The highest BCUT2D eigenvalue weighted by atomic mass is 35.5. The first-order chi connectivity index (χ1) is 14.5. The van der Waals surface area contributed by atoms with E-state index < -0.39 is 0 Å². The summed E-state index contributed by atoms with van der Waals surface area (Å²) in [7, 11) is 2.07. The minimum atomic E-state index is -0.163. The molecule has 1 atom stereocenters. The standard InChI is InChI=1S/C24H24ClN3O2/c1-26-13-14-28(22(17-26)18-7-3-2-4-8-18)24(30)20-11-12-23(29)27(16-20)15-19-9-5-6-10-21(19)25/h2-12,16,22H,13-15,17H2,1H3/t22-/m0/s1. The van der Waals surface area contributed by atoms with E-state index in [1.807, 2.05) is 41.3 Å². The number of hydrogen-bond donors (Lipinski definition) is 0. The fourth-order valence-corrected chi connectivity index (χ4v) is 4.08. The van der Waals surface area contributed by atoms with Crippen molar-refractivity contribution >= 4 is 17.5 Å². The van der Waals surface area contributed by atoms with E-state index in [4.69, 9.17) is 11.6 Å². The van der Waals surface area contributed by atoms with Crippen LogP contribution in [0.25, 0.3) is 0 Å². The third-order valence-corrected chi connectivity index (χ3v) is 5.93. The predicted octanol–water partition coefficient (Wildman–Crippen LogP) is 3.68. The van der Waals surface area contributed by atoms with Crippen molar-refractivity contribution in [3.8, 4) is 0 Å². The fourth-order valence-electron chi connectivity index (χ4n) is 3.88. The van der Waals surface area contributed by atoms with E-state index in [2.05, 4.69) is 24.1 Å². The van der Waals surface area contributed by atoms with E-state index in [1.54, 1.807) is 22.9 Å². The summed E-state index contributed by atoms with van der Waals surface area (Å²) in [4.78, 5) is 30.0. The number of carbonyl (C=O) groups excluding carboxylic acids is 1. The van der Waals surface area contributed by atoms with Gasteiger partial charge < -0.3 is 14.4 Å². The predicted molar refractivity (Wildman–Crippen MR) is 119 cm³/mol. The first-order valence-corrected chi connectivity index (χ1v) is 10.4. The molecule has 2 heterocycles. The molecule has 0 aliphatic carbocycles. The quantitative estimate of drug-likeness (QED) is 0.645. The van der Waals surface area contributed by atoms with E-state index in [0.29, 0.717) is 23.7 Å². The van der Waals surface area contributed by atoms with Gasteiger partial charge in [0.1, 0.15) is 0 Å². The van der Waals surface area contributed by atoms with Crippen molar-refractivity contribution in [2.24, 2.45) is 0 Å². The highest BCUT2D eigenvalue weighted by Gasteiger charge is 2.31. The molecule has 0 bridgehead atoms. The van der Waals surface area contributed by atoms with Gasteiger partial charge in [0.25, 0.3) is 11.5 Å². The van der Waals surface area contributed by atoms with Crippen molar-refractivity contribution in [1.29, 1.82) is 0 Å². The molecule has 1 fully saturated rings. The van der Waals surface area contributed by atoms with Crippen molar-refractivity contribution in [3.05, 3.63) is 105 Å². The number of pyridine rings is 1. The summed E-state index contributed by atoms with van der Waals surface area (Å²) in [6, 6.07) is 20.6. The molecule has 0 saturated carbocycles. The number of carbonyl (C=O) groups is 1. The summed E-state index contributed by atoms with van der Waals surface area (Å²) in [6.45, 7) is 2.55. The van der Waals surface area contributed by atoms with Crippen LogP contribution in [0.5, 0.6) is 0 Å². The summed E-state index contributed by atoms with van der Waals surface area (Å²) in [5, 5.41) is 0.601. The second-order valence-corrected chi connectivity index (χ2v) is 8.07. The van der Waals surface area contributed by atoms with Gasteiger partial charge in [0, 0.05) is 36.9 Å². The average molecular weight is 422 g/mol. The first kappa shape index (κ1) is 20.4. The second-order valence-electron chi connectivity index (χ2n) is 7.66. The zero-order chi connectivity index (χ0) is 21.1. The Hall–Kier alpha value is -2.89. The molecule has 6 heteroatoms. The maximum absolute atomic E-state index is 13.4. The van der Waals surface area contributed by atoms with E-state index in [-0.39, 0.29) is 17.5 Å². The van der Waals surface area contributed by atoms with Gasteiger partial charge in [0.05, 0.1) is 18.2 Å². The van der Waals surface area contributed by atoms with Crippen LogP contribution in [-0.4, -0.2) is 47.0 Å². The lowest BCUT2D eigenvalue weighted by Gasteiger charge is -2.40. The van der Waals surface area contributed by atoms with Gasteiger partial charge in [-0.05, 0) is 30.3 Å². The molecule has 1 aromatic heterocycles. The lowest BCUT2D eigenvalue weighted by atomic mass is 10.0. The SMILES string of the molecule is CN1CCN(C(=O)c2ccc(=O)n(Cc3ccccc3Cl)c2)[C@H](c2ccccc2)C1. The van der Waals surface area contributed by atoms with E-state index in [9.17, 15) is 9.59 Å². The molecule has 0 spiro atoms. The van der Waals surface area contributed by atoms with E-state index in [1.165, 1.54) is 6.07 Å². The Morgan fingerprint density at radius 1 is 1.00 bits per heavy atom. The lowest BCUT2D eigenvalue weighted by Crippen LogP contribution is -2.49. The van der Waals surface area contributed by atoms with E-state index >= 15 is 0 Å². The Morgan fingerprint density at radius 3 is 2.50 bits per heavy atom. The van der Waals surface area contributed by atoms with E-state index in [0.717, 1.165) is 24.2 Å². The smallest absolute Gasteiger partial charge is 0.255 e. The van der Waals surface area contributed by atoms with Crippen LogP contribution in [0.3, 0.4) is 0 Å². The average Bonchev–Trinajstić information content (AvgIpc) is 2.77. The Labute approximate surface area is 181 Å². The molecule has 5 nitrogen and oxygen atoms in total. The maximum Gasteiger partial charge on any atom is 0.255 e. The monoisotopic (exact) mass is 421 g/mol. The van der Waals surface area contributed by atoms with Crippen molar-refractivity contribution in [2.75, 3.05) is 26.7 Å². The summed E-state index contributed by atoms with van der Waals surface area (Å²) < 4.78 is 1.54. The zero-order valence-electron chi connectivity index (χ0n) is 16.9. The fraction of sp³-hybridized carbons (Fsp3) is 0.250. The molecule has 1 saturated heterocycles. The largest absolute Gasteiger partial charge is 0.329 e. The summed E-state index contributed by atoms with van der Waals surface area (Å²) in [6.07, 6.45) is 1.65. The Bertz CT molecular complexity index is 1100. The molecule has 0 N–H and O–H groups in total. The third-order valence-electron chi connectivity index (χ3n) is 5.56. The van der Waals surface area contributed by atoms with Gasteiger partial charge in [-0.1, -0.05) is 60.1 Å². The molecule has 30 heavy (non-hydrogen) atoms. The molecule has 3 aromatic rings. The minimum Gasteiger partial charge on any atom is -0.329 e. The van der Waals surface area contributed by atoms with Gasteiger partial charge >= 0.3 is 0 Å². The number of likely N-dealkylation sites (N-methyl/N-ethyl adjacent to an activating group) is 1. The molecule has 0 radical (unpaired) electrons. The van der Waals surface area contributed by atoms with Crippen molar-refractivity contribution < 1.29 is 4.79 Å². The number of rotatable bonds is 4. The topological polar surface area (TPSA) is 45.6 Å². The normalized spacial score (nSPS) is 17.1. The van der Waals surface area contributed by atoms with Crippen molar-refractivity contribution in [1.82, 2.24) is 14.4 Å². The van der Waals surface area contributed by atoms with Crippen LogP contribution in [-0.2, 0) is 6.54 Å². The highest BCUT2D eigenvalue weighted by Crippen LogP contribution is 2.26. The molecular weight excluding hydrogens is 398 g/mol. The minimum absolute atomic E-state index is 0.0265. The number of halogens is 1. The van der Waals surface area contributed by atoms with Crippen molar-refractivity contribution in [2.45, 2.75) is 12.6 Å². The van der Waals surface area contributed by atoms with Gasteiger partial charge in [-0.3, -0.25) is 9.59 Å². The Balaban J connectivity index is 1.64. The molecule has 1 aliphatic heterocycles. The van der Waals surface area contributed by atoms with Crippen LogP contribution < -0.4 is 5.56 Å². The molecular formula is C24H24ClN3O2. The summed E-state index contributed by atoms with van der Waals surface area (Å²) in [5.74, 6) is -0.0649. The number of aromatic nitrogens is 1. The van der Waals surface area contributed by atoms with Crippen LogP contribution in [0.1, 0.15) is 27.5 Å². The van der Waals surface area contributed by atoms with Crippen molar-refractivity contribution in [3.63, 3.8) is 0 Å². The van der Waals surface area contributed by atoms with Crippen LogP contribution in [0.15, 0.2) is 77.7 Å². The highest BCUT2D eigenvalue weighted by molar-refractivity contribution is 6.31. The lowest BCUT2D eigenvalue weighted by molar-refractivity contribution is 0.0497. The van der Waals surface area contributed by atoms with Crippen LogP contribution in [0, 0.1) is 0 Å². The molecule has 1 amide bonds. The number of nitrogens with zero attached hydrogens (tertiary/aromatic N) is 3. The van der Waals surface area contributed by atoms with Gasteiger partial charge in [0.2, 0.25) is 0 Å². The van der Waals surface area contributed by atoms with Gasteiger partial charge in [-0.2, -0.15) is 0 Å². The molecule has 0 unspecified atom stereocenters. The van der Waals surface area contributed by atoms with Crippen LogP contribution >= 0.6 is 11.6 Å². The number of amides is 1. The Kier molecular flexibility index (Phi) is 6.02. The molecule has 2 aromatic carbocycles. The maximum atomic E-state index is 13.4. The van der Waals surface area contributed by atoms with Gasteiger partial charge in [-0.25, -0.2) is 0 Å². The number of piperazine rings is 1. The van der Waals surface area contributed by atoms with Crippen LogP contribution in [0.4, 0.5) is 0 Å². The first-order valence-electron chi connectivity index (χ1n) is 10.0. The summed E-state index contributed by atoms with van der Waals surface area (Å²) >= 11 is 6.26. The third kappa shape index (κ3) is 4.32. The number of benzene rings is 2. The summed E-state index contributed by atoms with van der Waals surface area (Å²) in [5.41, 5.74) is 2.30. The molecule has 1 aliphatic rings. The molecule has 154 valence electrons. The second kappa shape index (κ2) is 8.86. The zero-order valence-corrected chi connectivity index (χ0v) is 17.6. The van der Waals surface area contributed by atoms with Crippen LogP contribution in [0.2, 0.25) is 5.02 Å². The Morgan fingerprint density at radius 2 is 1.73 bits per heavy atom. The number of hydrogen-bond acceptors (Lipinski definition) is 3.